The van der Waals surface area contributed by atoms with E-state index in [-0.39, 0.29) is 5.56 Å². The number of benzene rings is 1. The predicted molar refractivity (Wildman–Crippen MR) is 64.6 cm³/mol. The summed E-state index contributed by atoms with van der Waals surface area (Å²) >= 11 is 6.03. The first kappa shape index (κ1) is 12.7. The second-order valence-corrected chi connectivity index (χ2v) is 4.58. The minimum absolute atomic E-state index is 0.0412. The lowest BCUT2D eigenvalue weighted by atomic mass is 10.1. The Morgan fingerprint density at radius 2 is 2.00 bits per heavy atom. The first-order valence-electron chi connectivity index (χ1n) is 5.66. The molecule has 0 bridgehead atoms. The Balaban J connectivity index is 2.10. The van der Waals surface area contributed by atoms with Gasteiger partial charge in [-0.25, -0.2) is 8.78 Å². The van der Waals surface area contributed by atoms with E-state index in [0.29, 0.717) is 11.6 Å². The Morgan fingerprint density at radius 1 is 1.29 bits per heavy atom. The van der Waals surface area contributed by atoms with Gasteiger partial charge in [0.25, 0.3) is 6.43 Å². The van der Waals surface area contributed by atoms with Crippen LogP contribution in [-0.4, -0.2) is 31.1 Å². The molecule has 1 fully saturated rings. The second-order valence-electron chi connectivity index (χ2n) is 4.18. The number of piperazine rings is 1. The highest BCUT2D eigenvalue weighted by molar-refractivity contribution is 6.31. The molecule has 0 amide bonds. The molecule has 1 aliphatic heterocycles. The zero-order valence-electron chi connectivity index (χ0n) is 9.43. The molecule has 17 heavy (non-hydrogen) atoms. The van der Waals surface area contributed by atoms with Crippen LogP contribution in [-0.2, 0) is 6.54 Å². The van der Waals surface area contributed by atoms with E-state index in [9.17, 15) is 8.78 Å². The van der Waals surface area contributed by atoms with Crippen molar-refractivity contribution in [3.8, 4) is 0 Å². The second kappa shape index (κ2) is 5.76. The average Bonchev–Trinajstić information content (AvgIpc) is 2.33. The van der Waals surface area contributed by atoms with Crippen molar-refractivity contribution in [1.82, 2.24) is 10.2 Å². The van der Waals surface area contributed by atoms with E-state index < -0.39 is 6.43 Å². The monoisotopic (exact) mass is 260 g/mol. The van der Waals surface area contributed by atoms with Crippen LogP contribution in [0.3, 0.4) is 0 Å². The van der Waals surface area contributed by atoms with Gasteiger partial charge in [-0.05, 0) is 17.7 Å². The van der Waals surface area contributed by atoms with Crippen molar-refractivity contribution in [2.24, 2.45) is 0 Å². The summed E-state index contributed by atoms with van der Waals surface area (Å²) in [5.74, 6) is 0. The zero-order chi connectivity index (χ0) is 12.3. The van der Waals surface area contributed by atoms with Gasteiger partial charge in [0.2, 0.25) is 0 Å². The van der Waals surface area contributed by atoms with Crippen LogP contribution in [0.15, 0.2) is 18.2 Å². The van der Waals surface area contributed by atoms with E-state index in [1.54, 1.807) is 6.07 Å². The summed E-state index contributed by atoms with van der Waals surface area (Å²) in [6.45, 7) is 4.36. The normalized spacial score (nSPS) is 17.6. The van der Waals surface area contributed by atoms with E-state index in [2.05, 4.69) is 10.2 Å². The van der Waals surface area contributed by atoms with E-state index in [4.69, 9.17) is 11.6 Å². The Kier molecular flexibility index (Phi) is 4.31. The number of nitrogens with zero attached hydrogens (tertiary/aromatic N) is 1. The molecule has 1 heterocycles. The van der Waals surface area contributed by atoms with Crippen molar-refractivity contribution in [2.45, 2.75) is 13.0 Å². The van der Waals surface area contributed by atoms with Gasteiger partial charge in [-0.3, -0.25) is 4.90 Å². The summed E-state index contributed by atoms with van der Waals surface area (Å²) < 4.78 is 25.2. The molecular formula is C12H15ClF2N2. The van der Waals surface area contributed by atoms with E-state index in [1.165, 1.54) is 12.1 Å². The van der Waals surface area contributed by atoms with Crippen LogP contribution in [0.25, 0.3) is 0 Å². The molecule has 0 aromatic heterocycles. The van der Waals surface area contributed by atoms with Crippen molar-refractivity contribution >= 4 is 11.6 Å². The minimum Gasteiger partial charge on any atom is -0.314 e. The Labute approximate surface area is 105 Å². The van der Waals surface area contributed by atoms with Gasteiger partial charge >= 0.3 is 0 Å². The van der Waals surface area contributed by atoms with Crippen molar-refractivity contribution < 1.29 is 8.78 Å². The molecule has 1 aromatic rings. The fourth-order valence-electron chi connectivity index (χ4n) is 1.96. The van der Waals surface area contributed by atoms with Crippen LogP contribution in [0.1, 0.15) is 17.6 Å². The predicted octanol–water partition coefficient (Wildman–Crippen LogP) is 2.68. The van der Waals surface area contributed by atoms with Gasteiger partial charge in [0, 0.05) is 43.3 Å². The number of hydrogen-bond donors (Lipinski definition) is 1. The maximum Gasteiger partial charge on any atom is 0.263 e. The number of nitrogens with one attached hydrogen (secondary N) is 1. The summed E-state index contributed by atoms with van der Waals surface area (Å²) in [4.78, 5) is 2.22. The van der Waals surface area contributed by atoms with Crippen LogP contribution in [0, 0.1) is 0 Å². The van der Waals surface area contributed by atoms with Crippen molar-refractivity contribution in [2.75, 3.05) is 26.2 Å². The lowest BCUT2D eigenvalue weighted by Gasteiger charge is -2.27. The highest BCUT2D eigenvalue weighted by atomic mass is 35.5. The summed E-state index contributed by atoms with van der Waals surface area (Å²) in [6, 6.07) is 4.45. The van der Waals surface area contributed by atoms with E-state index in [1.807, 2.05) is 0 Å². The topological polar surface area (TPSA) is 15.3 Å². The van der Waals surface area contributed by atoms with Gasteiger partial charge in [-0.1, -0.05) is 17.7 Å². The highest BCUT2D eigenvalue weighted by Gasteiger charge is 2.14. The molecule has 2 rings (SSSR count). The Morgan fingerprint density at radius 3 is 2.65 bits per heavy atom. The zero-order valence-corrected chi connectivity index (χ0v) is 10.2. The molecule has 1 N–H and O–H groups in total. The molecule has 1 aliphatic rings. The van der Waals surface area contributed by atoms with Gasteiger partial charge in [0.05, 0.1) is 0 Å². The molecule has 0 aliphatic carbocycles. The van der Waals surface area contributed by atoms with Gasteiger partial charge in [0.1, 0.15) is 0 Å². The Bertz CT molecular complexity index is 379. The number of alkyl halides is 2. The highest BCUT2D eigenvalue weighted by Crippen LogP contribution is 2.25. The third-order valence-corrected chi connectivity index (χ3v) is 3.29. The van der Waals surface area contributed by atoms with Crippen LogP contribution >= 0.6 is 11.6 Å². The van der Waals surface area contributed by atoms with Gasteiger partial charge in [-0.15, -0.1) is 0 Å². The number of hydrogen-bond acceptors (Lipinski definition) is 2. The maximum absolute atomic E-state index is 12.6. The summed E-state index contributed by atoms with van der Waals surface area (Å²) in [6.07, 6.45) is -2.44. The Hall–Kier alpha value is -0.710. The maximum atomic E-state index is 12.6. The van der Waals surface area contributed by atoms with E-state index >= 15 is 0 Å². The smallest absolute Gasteiger partial charge is 0.263 e. The van der Waals surface area contributed by atoms with Crippen molar-refractivity contribution in [3.63, 3.8) is 0 Å². The van der Waals surface area contributed by atoms with Crippen LogP contribution in [0.2, 0.25) is 5.02 Å². The van der Waals surface area contributed by atoms with Crippen LogP contribution in [0.4, 0.5) is 8.78 Å². The fourth-order valence-corrected chi connectivity index (χ4v) is 2.14. The molecule has 1 aromatic carbocycles. The molecule has 0 radical (unpaired) electrons. The SMILES string of the molecule is FC(F)c1ccc(Cl)c(CN2CCNCC2)c1. The van der Waals surface area contributed by atoms with Crippen LogP contribution in [0.5, 0.6) is 0 Å². The van der Waals surface area contributed by atoms with Gasteiger partial charge in [0.15, 0.2) is 0 Å². The van der Waals surface area contributed by atoms with Crippen LogP contribution < -0.4 is 5.32 Å². The lowest BCUT2D eigenvalue weighted by molar-refractivity contribution is 0.151. The third-order valence-electron chi connectivity index (χ3n) is 2.93. The average molecular weight is 261 g/mol. The summed E-state index contributed by atoms with van der Waals surface area (Å²) in [5, 5.41) is 3.81. The largest absolute Gasteiger partial charge is 0.314 e. The van der Waals surface area contributed by atoms with Gasteiger partial charge < -0.3 is 5.32 Å². The molecule has 1 saturated heterocycles. The molecule has 0 unspecified atom stereocenters. The van der Waals surface area contributed by atoms with Gasteiger partial charge in [-0.2, -0.15) is 0 Å². The standard InChI is InChI=1S/C12H15ClF2N2/c13-11-2-1-9(12(14)15)7-10(11)8-17-5-3-16-4-6-17/h1-2,7,12,16H,3-6,8H2. The van der Waals surface area contributed by atoms with Crippen molar-refractivity contribution in [3.05, 3.63) is 34.3 Å². The molecule has 94 valence electrons. The molecule has 5 heteroatoms. The molecular weight excluding hydrogens is 246 g/mol. The quantitative estimate of drug-likeness (QED) is 0.899. The fraction of sp³-hybridized carbons (Fsp3) is 0.500. The molecule has 2 nitrogen and oxygen atoms in total. The summed E-state index contributed by atoms with van der Waals surface area (Å²) in [7, 11) is 0. The lowest BCUT2D eigenvalue weighted by Crippen LogP contribution is -2.42. The summed E-state index contributed by atoms with van der Waals surface area (Å²) in [5.41, 5.74) is 0.825. The van der Waals surface area contributed by atoms with Crippen molar-refractivity contribution in [1.29, 1.82) is 0 Å². The number of rotatable bonds is 3. The molecule has 0 spiro atoms. The number of halogens is 3. The minimum atomic E-state index is -2.44. The molecule has 0 atom stereocenters. The first-order chi connectivity index (χ1) is 8.16. The van der Waals surface area contributed by atoms with E-state index in [0.717, 1.165) is 31.7 Å². The molecule has 0 saturated carbocycles. The first-order valence-corrected chi connectivity index (χ1v) is 6.04. The third kappa shape index (κ3) is 3.37.